The van der Waals surface area contributed by atoms with Crippen LogP contribution in [0.2, 0.25) is 0 Å². The van der Waals surface area contributed by atoms with Crippen LogP contribution in [0.15, 0.2) is 4.99 Å². The zero-order chi connectivity index (χ0) is 19.4. The summed E-state index contributed by atoms with van der Waals surface area (Å²) in [6, 6.07) is 0. The van der Waals surface area contributed by atoms with Crippen molar-refractivity contribution in [2.24, 2.45) is 16.8 Å². The van der Waals surface area contributed by atoms with Gasteiger partial charge in [0, 0.05) is 59.7 Å². The normalized spacial score (nSPS) is 23.5. The number of rotatable bonds is 9. The lowest BCUT2D eigenvalue weighted by Crippen LogP contribution is -2.47. The third-order valence-electron chi connectivity index (χ3n) is 6.44. The molecule has 2 saturated heterocycles. The number of nitrogens with one attached hydrogen (secondary N) is 1. The van der Waals surface area contributed by atoms with E-state index in [-0.39, 0.29) is 0 Å². The summed E-state index contributed by atoms with van der Waals surface area (Å²) < 4.78 is 17.4. The van der Waals surface area contributed by atoms with Gasteiger partial charge in [0.05, 0.1) is 6.10 Å². The molecule has 162 valence electrons. The Labute approximate surface area is 171 Å². The number of nitrogens with zero attached hydrogens (tertiary/aromatic N) is 2. The molecule has 2 heterocycles. The number of ether oxygens (including phenoxy) is 3. The van der Waals surface area contributed by atoms with E-state index < -0.39 is 0 Å². The van der Waals surface area contributed by atoms with Crippen LogP contribution < -0.4 is 5.32 Å². The lowest BCUT2D eigenvalue weighted by molar-refractivity contribution is 0.000976. The second-order valence-electron chi connectivity index (χ2n) is 8.63. The highest BCUT2D eigenvalue weighted by molar-refractivity contribution is 5.79. The van der Waals surface area contributed by atoms with Crippen LogP contribution in [0.4, 0.5) is 0 Å². The second kappa shape index (κ2) is 12.7. The van der Waals surface area contributed by atoms with E-state index in [4.69, 9.17) is 14.2 Å². The van der Waals surface area contributed by atoms with Crippen LogP contribution in [0.3, 0.4) is 0 Å². The van der Waals surface area contributed by atoms with Crippen molar-refractivity contribution in [3.8, 4) is 0 Å². The van der Waals surface area contributed by atoms with Gasteiger partial charge in [0.1, 0.15) is 0 Å². The third kappa shape index (κ3) is 7.53. The Kier molecular flexibility index (Phi) is 9.88. The predicted octanol–water partition coefficient (Wildman–Crippen LogP) is 3.07. The van der Waals surface area contributed by atoms with Crippen LogP contribution >= 0.6 is 0 Å². The molecule has 0 aromatic heterocycles. The molecule has 28 heavy (non-hydrogen) atoms. The maximum atomic E-state index is 6.19. The number of likely N-dealkylation sites (tertiary alicyclic amines) is 1. The molecule has 3 rings (SSSR count). The van der Waals surface area contributed by atoms with Gasteiger partial charge in [-0.15, -0.1) is 0 Å². The van der Waals surface area contributed by atoms with E-state index in [2.05, 4.69) is 15.2 Å². The Morgan fingerprint density at radius 1 is 1.00 bits per heavy atom. The summed E-state index contributed by atoms with van der Waals surface area (Å²) in [6.07, 6.45) is 11.5. The summed E-state index contributed by atoms with van der Waals surface area (Å²) in [5.74, 6) is 2.53. The van der Waals surface area contributed by atoms with Crippen molar-refractivity contribution in [1.29, 1.82) is 0 Å². The molecule has 0 bridgehead atoms. The Morgan fingerprint density at radius 2 is 1.71 bits per heavy atom. The number of guanidine groups is 1. The molecule has 0 aromatic rings. The van der Waals surface area contributed by atoms with E-state index in [0.29, 0.717) is 12.0 Å². The summed E-state index contributed by atoms with van der Waals surface area (Å²) >= 11 is 0. The van der Waals surface area contributed by atoms with Crippen LogP contribution in [-0.4, -0.2) is 76.7 Å². The minimum Gasteiger partial charge on any atom is -0.381 e. The molecule has 6 nitrogen and oxygen atoms in total. The van der Waals surface area contributed by atoms with Gasteiger partial charge in [-0.1, -0.05) is 12.8 Å². The first-order valence-corrected chi connectivity index (χ1v) is 11.6. The lowest BCUT2D eigenvalue weighted by atomic mass is 10.0. The highest BCUT2D eigenvalue weighted by Crippen LogP contribution is 2.26. The first-order valence-electron chi connectivity index (χ1n) is 11.6. The molecule has 2 aliphatic heterocycles. The molecule has 3 aliphatic rings. The fraction of sp³-hybridized carbons (Fsp3) is 0.955. The molecule has 0 amide bonds. The Bertz CT molecular complexity index is 440. The average Bonchev–Trinajstić information content (AvgIpc) is 3.27. The van der Waals surface area contributed by atoms with E-state index in [9.17, 15) is 0 Å². The van der Waals surface area contributed by atoms with Gasteiger partial charge in [-0.3, -0.25) is 4.99 Å². The van der Waals surface area contributed by atoms with Gasteiger partial charge in [-0.25, -0.2) is 0 Å². The summed E-state index contributed by atoms with van der Waals surface area (Å²) in [7, 11) is 1.88. The van der Waals surface area contributed by atoms with Crippen molar-refractivity contribution in [2.45, 2.75) is 63.9 Å². The van der Waals surface area contributed by atoms with Gasteiger partial charge in [0.15, 0.2) is 5.96 Å². The molecular formula is C22H41N3O3. The Morgan fingerprint density at radius 3 is 2.43 bits per heavy atom. The Hall–Kier alpha value is -0.850. The van der Waals surface area contributed by atoms with Gasteiger partial charge in [0.2, 0.25) is 0 Å². The molecule has 1 saturated carbocycles. The van der Waals surface area contributed by atoms with Crippen molar-refractivity contribution in [1.82, 2.24) is 10.2 Å². The molecule has 6 heteroatoms. The van der Waals surface area contributed by atoms with Gasteiger partial charge >= 0.3 is 0 Å². The standard InChI is InChI=1S/C22H41N3O3/c1-23-22(24-11-4-14-27-17-20-9-15-26-16-10-20)25-12-7-21(8-13-25)28-18-19-5-2-3-6-19/h19-21H,2-18H2,1H3,(H,23,24). The topological polar surface area (TPSA) is 55.3 Å². The van der Waals surface area contributed by atoms with Gasteiger partial charge < -0.3 is 24.4 Å². The van der Waals surface area contributed by atoms with Gasteiger partial charge in [0.25, 0.3) is 0 Å². The molecule has 3 fully saturated rings. The first-order chi connectivity index (χ1) is 13.8. The third-order valence-corrected chi connectivity index (χ3v) is 6.44. The highest BCUT2D eigenvalue weighted by atomic mass is 16.5. The van der Waals surface area contributed by atoms with E-state index in [0.717, 1.165) is 96.7 Å². The van der Waals surface area contributed by atoms with Crippen molar-refractivity contribution in [3.05, 3.63) is 0 Å². The minimum atomic E-state index is 0.438. The van der Waals surface area contributed by atoms with Crippen LogP contribution in [0.1, 0.15) is 57.8 Å². The van der Waals surface area contributed by atoms with Crippen molar-refractivity contribution in [2.75, 3.05) is 59.7 Å². The first kappa shape index (κ1) is 21.8. The molecule has 0 spiro atoms. The maximum Gasteiger partial charge on any atom is 0.193 e. The van der Waals surface area contributed by atoms with E-state index in [1.807, 2.05) is 7.05 Å². The zero-order valence-corrected chi connectivity index (χ0v) is 17.9. The van der Waals surface area contributed by atoms with E-state index in [1.54, 1.807) is 0 Å². The number of piperidine rings is 1. The SMILES string of the molecule is CN=C(NCCCOCC1CCOCC1)N1CCC(OCC2CCCC2)CC1. The number of hydrogen-bond donors (Lipinski definition) is 1. The molecule has 0 unspecified atom stereocenters. The smallest absolute Gasteiger partial charge is 0.193 e. The molecule has 1 aliphatic carbocycles. The van der Waals surface area contributed by atoms with Crippen molar-refractivity contribution < 1.29 is 14.2 Å². The van der Waals surface area contributed by atoms with Crippen LogP contribution in [-0.2, 0) is 14.2 Å². The van der Waals surface area contributed by atoms with Crippen LogP contribution in [0, 0.1) is 11.8 Å². The van der Waals surface area contributed by atoms with Gasteiger partial charge in [-0.2, -0.15) is 0 Å². The summed E-state index contributed by atoms with van der Waals surface area (Å²) in [4.78, 5) is 6.85. The largest absolute Gasteiger partial charge is 0.381 e. The molecular weight excluding hydrogens is 354 g/mol. The fourth-order valence-electron chi connectivity index (χ4n) is 4.55. The van der Waals surface area contributed by atoms with E-state index >= 15 is 0 Å². The zero-order valence-electron chi connectivity index (χ0n) is 17.9. The summed E-state index contributed by atoms with van der Waals surface area (Å²) in [6.45, 7) is 7.46. The lowest BCUT2D eigenvalue weighted by Gasteiger charge is -2.34. The summed E-state index contributed by atoms with van der Waals surface area (Å²) in [5.41, 5.74) is 0. The van der Waals surface area contributed by atoms with Crippen LogP contribution in [0.25, 0.3) is 0 Å². The Balaban J connectivity index is 1.22. The van der Waals surface area contributed by atoms with Crippen molar-refractivity contribution in [3.63, 3.8) is 0 Å². The van der Waals surface area contributed by atoms with Gasteiger partial charge in [-0.05, 0) is 56.8 Å². The predicted molar refractivity (Wildman–Crippen MR) is 113 cm³/mol. The molecule has 1 N–H and O–H groups in total. The van der Waals surface area contributed by atoms with Crippen molar-refractivity contribution >= 4 is 5.96 Å². The second-order valence-corrected chi connectivity index (χ2v) is 8.63. The molecule has 0 aromatic carbocycles. The highest BCUT2D eigenvalue weighted by Gasteiger charge is 2.23. The minimum absolute atomic E-state index is 0.438. The monoisotopic (exact) mass is 395 g/mol. The molecule has 0 radical (unpaired) electrons. The fourth-order valence-corrected chi connectivity index (χ4v) is 4.55. The molecule has 0 atom stereocenters. The quantitative estimate of drug-likeness (QED) is 0.369. The average molecular weight is 396 g/mol. The number of hydrogen-bond acceptors (Lipinski definition) is 4. The number of aliphatic imine (C=N–C) groups is 1. The summed E-state index contributed by atoms with van der Waals surface area (Å²) in [5, 5.41) is 3.50. The van der Waals surface area contributed by atoms with Crippen LogP contribution in [0.5, 0.6) is 0 Å². The maximum absolute atomic E-state index is 6.19. The van der Waals surface area contributed by atoms with E-state index in [1.165, 1.54) is 25.7 Å².